The highest BCUT2D eigenvalue weighted by molar-refractivity contribution is 5.86. The smallest absolute Gasteiger partial charge is 0.242 e. The number of nitrogens with zero attached hydrogens (tertiary/aromatic N) is 2. The molecule has 3 fully saturated rings. The van der Waals surface area contributed by atoms with Crippen molar-refractivity contribution in [1.82, 2.24) is 9.80 Å². The summed E-state index contributed by atoms with van der Waals surface area (Å²) in [4.78, 5) is 17.1. The number of likely N-dealkylation sites (tertiary alicyclic amines) is 1. The standard InChI is InChI=1S/C14H25N3O2.2ClH/c1-16(12-4-7-17(10-12)11-2-3-11)13(18)14(15)5-8-19-9-6-14;;/h11-12H,2-10,15H2,1H3;2*1H. The minimum atomic E-state index is -0.694. The van der Waals surface area contributed by atoms with Gasteiger partial charge in [-0.05, 0) is 32.1 Å². The van der Waals surface area contributed by atoms with E-state index in [4.69, 9.17) is 10.5 Å². The maximum absolute atomic E-state index is 12.6. The fourth-order valence-electron chi connectivity index (χ4n) is 3.32. The van der Waals surface area contributed by atoms with Crippen molar-refractivity contribution in [3.05, 3.63) is 0 Å². The minimum absolute atomic E-state index is 0. The lowest BCUT2D eigenvalue weighted by Crippen LogP contribution is -2.59. The predicted octanol–water partition coefficient (Wildman–Crippen LogP) is 1.03. The first-order valence-corrected chi connectivity index (χ1v) is 7.48. The van der Waals surface area contributed by atoms with Crippen LogP contribution in [0, 0.1) is 0 Å². The topological polar surface area (TPSA) is 58.8 Å². The largest absolute Gasteiger partial charge is 0.381 e. The number of carbonyl (C=O) groups excluding carboxylic acids is 1. The predicted molar refractivity (Wildman–Crippen MR) is 87.2 cm³/mol. The Balaban J connectivity index is 0.00000110. The average Bonchev–Trinajstić information content (AvgIpc) is 3.16. The number of hydrogen-bond donors (Lipinski definition) is 1. The molecular formula is C14H27Cl2N3O2. The van der Waals surface area contributed by atoms with Crippen LogP contribution in [-0.4, -0.2) is 66.7 Å². The molecule has 2 saturated heterocycles. The van der Waals surface area contributed by atoms with Crippen molar-refractivity contribution >= 4 is 30.7 Å². The summed E-state index contributed by atoms with van der Waals surface area (Å²) in [6.07, 6.45) is 5.06. The van der Waals surface area contributed by atoms with Gasteiger partial charge in [0.1, 0.15) is 0 Å². The molecule has 2 aliphatic heterocycles. The van der Waals surface area contributed by atoms with Crippen LogP contribution in [0.5, 0.6) is 0 Å². The maximum Gasteiger partial charge on any atom is 0.242 e. The van der Waals surface area contributed by atoms with Crippen molar-refractivity contribution in [2.75, 3.05) is 33.4 Å². The lowest BCUT2D eigenvalue weighted by Gasteiger charge is -2.37. The zero-order valence-corrected chi connectivity index (χ0v) is 14.3. The van der Waals surface area contributed by atoms with Crippen LogP contribution in [0.3, 0.4) is 0 Å². The van der Waals surface area contributed by atoms with E-state index in [-0.39, 0.29) is 30.7 Å². The minimum Gasteiger partial charge on any atom is -0.381 e. The van der Waals surface area contributed by atoms with Gasteiger partial charge in [-0.1, -0.05) is 0 Å². The molecule has 124 valence electrons. The third kappa shape index (κ3) is 4.02. The molecule has 1 unspecified atom stereocenters. The molecule has 3 aliphatic rings. The molecular weight excluding hydrogens is 313 g/mol. The molecule has 5 nitrogen and oxygen atoms in total. The highest BCUT2D eigenvalue weighted by Gasteiger charge is 2.42. The van der Waals surface area contributed by atoms with Crippen LogP contribution in [0.15, 0.2) is 0 Å². The van der Waals surface area contributed by atoms with Crippen molar-refractivity contribution in [2.24, 2.45) is 5.73 Å². The summed E-state index contributed by atoms with van der Waals surface area (Å²) in [7, 11) is 1.92. The third-order valence-corrected chi connectivity index (χ3v) is 4.94. The Morgan fingerprint density at radius 2 is 1.86 bits per heavy atom. The Kier molecular flexibility index (Phi) is 6.75. The van der Waals surface area contributed by atoms with E-state index in [1.165, 1.54) is 12.8 Å². The zero-order chi connectivity index (χ0) is 13.5. The fourth-order valence-corrected chi connectivity index (χ4v) is 3.32. The van der Waals surface area contributed by atoms with Gasteiger partial charge >= 0.3 is 0 Å². The Morgan fingerprint density at radius 3 is 2.43 bits per heavy atom. The summed E-state index contributed by atoms with van der Waals surface area (Å²) in [5.74, 6) is 0.110. The number of ether oxygens (including phenoxy) is 1. The van der Waals surface area contributed by atoms with Crippen molar-refractivity contribution in [3.8, 4) is 0 Å². The fraction of sp³-hybridized carbons (Fsp3) is 0.929. The second-order valence-corrected chi connectivity index (χ2v) is 6.35. The summed E-state index contributed by atoms with van der Waals surface area (Å²) in [5, 5.41) is 0. The molecule has 2 N–H and O–H groups in total. The molecule has 0 spiro atoms. The first-order chi connectivity index (χ1) is 9.10. The van der Waals surface area contributed by atoms with Crippen LogP contribution >= 0.6 is 24.8 Å². The number of hydrogen-bond acceptors (Lipinski definition) is 4. The Labute approximate surface area is 139 Å². The third-order valence-electron chi connectivity index (χ3n) is 4.94. The van der Waals surface area contributed by atoms with Crippen molar-refractivity contribution in [3.63, 3.8) is 0 Å². The van der Waals surface area contributed by atoms with E-state index < -0.39 is 5.54 Å². The summed E-state index contributed by atoms with van der Waals surface area (Å²) >= 11 is 0. The first-order valence-electron chi connectivity index (χ1n) is 7.48. The normalized spacial score (nSPS) is 28.4. The highest BCUT2D eigenvalue weighted by Crippen LogP contribution is 2.31. The molecule has 1 atom stereocenters. The van der Waals surface area contributed by atoms with Crippen LogP contribution in [0.2, 0.25) is 0 Å². The number of halogens is 2. The molecule has 0 aromatic carbocycles. The van der Waals surface area contributed by atoms with Crippen LogP contribution in [0.25, 0.3) is 0 Å². The summed E-state index contributed by atoms with van der Waals surface area (Å²) in [5.41, 5.74) is 5.60. The Morgan fingerprint density at radius 1 is 1.24 bits per heavy atom. The monoisotopic (exact) mass is 339 g/mol. The summed E-state index contributed by atoms with van der Waals surface area (Å²) in [6.45, 7) is 3.37. The van der Waals surface area contributed by atoms with Crippen LogP contribution < -0.4 is 5.73 Å². The zero-order valence-electron chi connectivity index (χ0n) is 12.6. The lowest BCUT2D eigenvalue weighted by molar-refractivity contribution is -0.141. The summed E-state index contributed by atoms with van der Waals surface area (Å²) < 4.78 is 5.32. The van der Waals surface area contributed by atoms with E-state index in [0.29, 0.717) is 32.1 Å². The van der Waals surface area contributed by atoms with E-state index in [1.54, 1.807) is 0 Å². The van der Waals surface area contributed by atoms with Gasteiger partial charge in [-0.2, -0.15) is 0 Å². The number of amides is 1. The molecule has 0 aromatic rings. The van der Waals surface area contributed by atoms with Crippen LogP contribution in [-0.2, 0) is 9.53 Å². The SMILES string of the molecule is CN(C(=O)C1(N)CCOCC1)C1CCN(C2CC2)C1.Cl.Cl. The molecule has 0 radical (unpaired) electrons. The molecule has 3 rings (SSSR count). The van der Waals surface area contributed by atoms with Gasteiger partial charge in [0, 0.05) is 45.4 Å². The van der Waals surface area contributed by atoms with E-state index >= 15 is 0 Å². The van der Waals surface area contributed by atoms with Crippen LogP contribution in [0.1, 0.15) is 32.1 Å². The molecule has 0 aromatic heterocycles. The van der Waals surface area contributed by atoms with Crippen molar-refractivity contribution in [1.29, 1.82) is 0 Å². The van der Waals surface area contributed by atoms with Gasteiger partial charge in [0.2, 0.25) is 5.91 Å². The van der Waals surface area contributed by atoms with Gasteiger partial charge in [-0.3, -0.25) is 9.69 Å². The van der Waals surface area contributed by atoms with E-state index in [1.807, 2.05) is 11.9 Å². The van der Waals surface area contributed by atoms with Gasteiger partial charge in [0.15, 0.2) is 0 Å². The molecule has 1 amide bonds. The number of carbonyl (C=O) groups is 1. The number of nitrogens with two attached hydrogens (primary N) is 1. The van der Waals surface area contributed by atoms with Gasteiger partial charge in [0.05, 0.1) is 5.54 Å². The van der Waals surface area contributed by atoms with Crippen molar-refractivity contribution in [2.45, 2.75) is 49.7 Å². The van der Waals surface area contributed by atoms with Gasteiger partial charge in [-0.25, -0.2) is 0 Å². The quantitative estimate of drug-likeness (QED) is 0.834. The lowest BCUT2D eigenvalue weighted by atomic mass is 9.89. The van der Waals surface area contributed by atoms with Crippen LogP contribution in [0.4, 0.5) is 0 Å². The molecule has 0 bridgehead atoms. The Hall–Kier alpha value is -0.0700. The van der Waals surface area contributed by atoms with Gasteiger partial charge < -0.3 is 15.4 Å². The average molecular weight is 340 g/mol. The van der Waals surface area contributed by atoms with E-state index in [0.717, 1.165) is 25.6 Å². The summed E-state index contributed by atoms with van der Waals surface area (Å²) in [6, 6.07) is 1.14. The first kappa shape index (κ1) is 19.0. The maximum atomic E-state index is 12.6. The van der Waals surface area contributed by atoms with Gasteiger partial charge in [-0.15, -0.1) is 24.8 Å². The molecule has 21 heavy (non-hydrogen) atoms. The Bertz CT molecular complexity index is 360. The number of rotatable bonds is 3. The van der Waals surface area contributed by atoms with Gasteiger partial charge in [0.25, 0.3) is 0 Å². The molecule has 1 saturated carbocycles. The molecule has 1 aliphatic carbocycles. The second-order valence-electron chi connectivity index (χ2n) is 6.35. The van der Waals surface area contributed by atoms with Crippen molar-refractivity contribution < 1.29 is 9.53 Å². The van der Waals surface area contributed by atoms with E-state index in [2.05, 4.69) is 4.90 Å². The molecule has 7 heteroatoms. The second kappa shape index (κ2) is 7.47. The van der Waals surface area contributed by atoms with E-state index in [9.17, 15) is 4.79 Å². The highest BCUT2D eigenvalue weighted by atomic mass is 35.5. The molecule has 2 heterocycles. The number of likely N-dealkylation sites (N-methyl/N-ethyl adjacent to an activating group) is 1.